The summed E-state index contributed by atoms with van der Waals surface area (Å²) in [6, 6.07) is 9.29. The van der Waals surface area contributed by atoms with E-state index in [1.54, 1.807) is 13.8 Å². The van der Waals surface area contributed by atoms with E-state index in [1.807, 2.05) is 30.3 Å². The van der Waals surface area contributed by atoms with Crippen molar-refractivity contribution in [1.82, 2.24) is 4.57 Å². The molecule has 0 radical (unpaired) electrons. The van der Waals surface area contributed by atoms with Gasteiger partial charge < -0.3 is 14.6 Å². The molecule has 2 rings (SSSR count). The number of rotatable bonds is 6. The van der Waals surface area contributed by atoms with Crippen molar-refractivity contribution in [3.05, 3.63) is 51.8 Å². The minimum absolute atomic E-state index is 0.0305. The Morgan fingerprint density at radius 3 is 2.29 bits per heavy atom. The van der Waals surface area contributed by atoms with E-state index in [-0.39, 0.29) is 23.7 Å². The first-order valence-corrected chi connectivity index (χ1v) is 7.58. The van der Waals surface area contributed by atoms with Gasteiger partial charge in [0.05, 0.1) is 20.8 Å². The molecule has 0 aliphatic heterocycles. The highest BCUT2D eigenvalue weighted by atomic mass is 16.5. The molecular formula is C18H21NO5. The molecule has 1 aromatic carbocycles. The molecule has 1 aromatic heterocycles. The third-order valence-electron chi connectivity index (χ3n) is 3.70. The summed E-state index contributed by atoms with van der Waals surface area (Å²) in [6.07, 6.45) is 0. The highest BCUT2D eigenvalue weighted by Gasteiger charge is 2.28. The third-order valence-corrected chi connectivity index (χ3v) is 3.70. The van der Waals surface area contributed by atoms with Crippen LogP contribution < -0.4 is 15.0 Å². The van der Waals surface area contributed by atoms with Gasteiger partial charge in [-0.25, -0.2) is 0 Å². The molecule has 2 aromatic rings. The van der Waals surface area contributed by atoms with E-state index < -0.39 is 23.0 Å². The summed E-state index contributed by atoms with van der Waals surface area (Å²) in [7, 11) is 2.72. The summed E-state index contributed by atoms with van der Waals surface area (Å²) < 4.78 is 11.7. The van der Waals surface area contributed by atoms with Crippen LogP contribution in [0.25, 0.3) is 0 Å². The summed E-state index contributed by atoms with van der Waals surface area (Å²) >= 11 is 0. The quantitative estimate of drug-likeness (QED) is 0.823. The van der Waals surface area contributed by atoms with Gasteiger partial charge in [-0.05, 0) is 5.56 Å². The Hall–Kier alpha value is -2.76. The van der Waals surface area contributed by atoms with E-state index in [1.165, 1.54) is 18.8 Å². The smallest absolute Gasteiger partial charge is 0.268 e. The number of benzene rings is 1. The number of methoxy groups -OCH3 is 2. The molecule has 0 aliphatic carbocycles. The van der Waals surface area contributed by atoms with Crippen LogP contribution in [0.1, 0.15) is 29.8 Å². The second-order valence-electron chi connectivity index (χ2n) is 5.66. The average molecular weight is 331 g/mol. The first-order chi connectivity index (χ1) is 11.4. The van der Waals surface area contributed by atoms with Gasteiger partial charge in [0.15, 0.2) is 11.5 Å². The second kappa shape index (κ2) is 7.21. The molecule has 0 fully saturated rings. The number of pyridine rings is 1. The molecule has 24 heavy (non-hydrogen) atoms. The van der Waals surface area contributed by atoms with E-state index in [4.69, 9.17) is 9.47 Å². The standard InChI is InChI=1S/C18H21NO5/c1-11(2)14(20)13-15(21)16(23-3)18(24-4)19(17(13)22)10-12-8-6-5-7-9-12/h5-9,11,21H,10H2,1-4H3. The summed E-state index contributed by atoms with van der Waals surface area (Å²) in [5.41, 5.74) is -0.0279. The number of carbonyl (C=O) groups excluding carboxylic acids is 1. The van der Waals surface area contributed by atoms with Crippen molar-refractivity contribution in [2.24, 2.45) is 5.92 Å². The Bertz CT molecular complexity index is 793. The molecule has 0 spiro atoms. The number of aromatic nitrogens is 1. The van der Waals surface area contributed by atoms with Crippen LogP contribution in [-0.4, -0.2) is 29.7 Å². The summed E-state index contributed by atoms with van der Waals surface area (Å²) in [5.74, 6) is -1.32. The number of hydrogen-bond donors (Lipinski definition) is 1. The number of carbonyl (C=O) groups is 1. The number of ketones is 1. The molecule has 1 N–H and O–H groups in total. The molecule has 0 unspecified atom stereocenters. The van der Waals surface area contributed by atoms with E-state index in [0.29, 0.717) is 0 Å². The highest BCUT2D eigenvalue weighted by Crippen LogP contribution is 2.38. The summed E-state index contributed by atoms with van der Waals surface area (Å²) in [4.78, 5) is 25.2. The van der Waals surface area contributed by atoms with Crippen molar-refractivity contribution in [2.75, 3.05) is 14.2 Å². The van der Waals surface area contributed by atoms with Crippen molar-refractivity contribution < 1.29 is 19.4 Å². The van der Waals surface area contributed by atoms with Crippen molar-refractivity contribution in [3.63, 3.8) is 0 Å². The van der Waals surface area contributed by atoms with Crippen LogP contribution in [0.4, 0.5) is 0 Å². The lowest BCUT2D eigenvalue weighted by atomic mass is 10.0. The van der Waals surface area contributed by atoms with Gasteiger partial charge in [-0.1, -0.05) is 44.2 Å². The molecule has 6 heteroatoms. The molecule has 128 valence electrons. The molecular weight excluding hydrogens is 310 g/mol. The monoisotopic (exact) mass is 331 g/mol. The largest absolute Gasteiger partial charge is 0.503 e. The number of nitrogens with zero attached hydrogens (tertiary/aromatic N) is 1. The molecule has 0 atom stereocenters. The molecule has 1 heterocycles. The number of aromatic hydroxyl groups is 1. The van der Waals surface area contributed by atoms with Gasteiger partial charge in [0, 0.05) is 5.92 Å². The molecule has 0 saturated heterocycles. The van der Waals surface area contributed by atoms with E-state index in [2.05, 4.69) is 0 Å². The topological polar surface area (TPSA) is 77.8 Å². The van der Waals surface area contributed by atoms with Crippen LogP contribution in [0.2, 0.25) is 0 Å². The maximum atomic E-state index is 12.8. The van der Waals surface area contributed by atoms with Crippen molar-refractivity contribution in [1.29, 1.82) is 0 Å². The maximum absolute atomic E-state index is 12.8. The normalized spacial score (nSPS) is 10.7. The average Bonchev–Trinajstić information content (AvgIpc) is 2.57. The van der Waals surface area contributed by atoms with Crippen molar-refractivity contribution in [2.45, 2.75) is 20.4 Å². The van der Waals surface area contributed by atoms with E-state index >= 15 is 0 Å². The molecule has 0 aliphatic rings. The van der Waals surface area contributed by atoms with Gasteiger partial charge in [0.1, 0.15) is 5.56 Å². The summed E-state index contributed by atoms with van der Waals surface area (Å²) in [6.45, 7) is 3.52. The van der Waals surface area contributed by atoms with E-state index in [0.717, 1.165) is 5.56 Å². The zero-order valence-corrected chi connectivity index (χ0v) is 14.2. The maximum Gasteiger partial charge on any atom is 0.268 e. The lowest BCUT2D eigenvalue weighted by molar-refractivity contribution is 0.0933. The van der Waals surface area contributed by atoms with Crippen molar-refractivity contribution in [3.8, 4) is 17.4 Å². The predicted molar refractivity (Wildman–Crippen MR) is 90.2 cm³/mol. The second-order valence-corrected chi connectivity index (χ2v) is 5.66. The zero-order chi connectivity index (χ0) is 17.9. The number of ether oxygens (including phenoxy) is 2. The SMILES string of the molecule is COc1c(O)c(C(=O)C(C)C)c(=O)n(Cc2ccccc2)c1OC. The first kappa shape index (κ1) is 17.6. The number of Topliss-reactive ketones (excluding diaryl/α,β-unsaturated/α-hetero) is 1. The third kappa shape index (κ3) is 3.13. The van der Waals surface area contributed by atoms with Crippen LogP contribution in [0.3, 0.4) is 0 Å². The fourth-order valence-electron chi connectivity index (χ4n) is 2.47. The van der Waals surface area contributed by atoms with Gasteiger partial charge >= 0.3 is 0 Å². The van der Waals surface area contributed by atoms with Gasteiger partial charge in [-0.3, -0.25) is 14.2 Å². The Kier molecular flexibility index (Phi) is 5.28. The Balaban J connectivity index is 2.74. The lowest BCUT2D eigenvalue weighted by Gasteiger charge is -2.18. The minimum atomic E-state index is -0.604. The Morgan fingerprint density at radius 2 is 1.79 bits per heavy atom. The molecule has 0 bridgehead atoms. The van der Waals surface area contributed by atoms with Gasteiger partial charge in [0.25, 0.3) is 5.56 Å². The highest BCUT2D eigenvalue weighted by molar-refractivity contribution is 6.00. The Morgan fingerprint density at radius 1 is 1.17 bits per heavy atom. The van der Waals surface area contributed by atoms with E-state index in [9.17, 15) is 14.7 Å². The minimum Gasteiger partial charge on any atom is -0.503 e. The molecule has 0 saturated carbocycles. The van der Waals surface area contributed by atoms with Crippen molar-refractivity contribution >= 4 is 5.78 Å². The fourth-order valence-corrected chi connectivity index (χ4v) is 2.47. The van der Waals surface area contributed by atoms with Crippen LogP contribution >= 0.6 is 0 Å². The van der Waals surface area contributed by atoms with Crippen LogP contribution in [0.15, 0.2) is 35.1 Å². The van der Waals surface area contributed by atoms with Crippen LogP contribution in [0.5, 0.6) is 17.4 Å². The van der Waals surface area contributed by atoms with Gasteiger partial charge in [0.2, 0.25) is 11.6 Å². The van der Waals surface area contributed by atoms with Crippen LogP contribution in [0, 0.1) is 5.92 Å². The lowest BCUT2D eigenvalue weighted by Crippen LogP contribution is -2.30. The number of hydrogen-bond acceptors (Lipinski definition) is 5. The zero-order valence-electron chi connectivity index (χ0n) is 14.2. The van der Waals surface area contributed by atoms with Gasteiger partial charge in [-0.2, -0.15) is 0 Å². The predicted octanol–water partition coefficient (Wildman–Crippen LogP) is 2.46. The molecule has 0 amide bonds. The van der Waals surface area contributed by atoms with Gasteiger partial charge in [-0.15, -0.1) is 0 Å². The fraction of sp³-hybridized carbons (Fsp3) is 0.333. The molecule has 6 nitrogen and oxygen atoms in total. The van der Waals surface area contributed by atoms with Crippen LogP contribution in [-0.2, 0) is 6.54 Å². The first-order valence-electron chi connectivity index (χ1n) is 7.58. The summed E-state index contributed by atoms with van der Waals surface area (Å²) in [5, 5.41) is 10.4. The Labute approximate surface area is 140 Å².